The van der Waals surface area contributed by atoms with Crippen LogP contribution < -0.4 is 0 Å². The van der Waals surface area contributed by atoms with Gasteiger partial charge in [-0.05, 0) is 73.1 Å². The highest BCUT2D eigenvalue weighted by atomic mass is 32.1. The highest BCUT2D eigenvalue weighted by Crippen LogP contribution is 2.43. The lowest BCUT2D eigenvalue weighted by molar-refractivity contribution is 1.08. The second-order valence-electron chi connectivity index (χ2n) is 14.3. The minimum Gasteiger partial charge on any atom is -0.208 e. The van der Waals surface area contributed by atoms with Gasteiger partial charge in [-0.1, -0.05) is 182 Å². The van der Waals surface area contributed by atoms with E-state index in [2.05, 4.69) is 182 Å². The third-order valence-corrected chi connectivity index (χ3v) is 12.2. The molecule has 0 saturated heterocycles. The van der Waals surface area contributed by atoms with Gasteiger partial charge in [0, 0.05) is 36.9 Å². The number of thiophene rings is 1. The first-order valence-corrected chi connectivity index (χ1v) is 20.0. The normalized spacial score (nSPS) is 11.5. The van der Waals surface area contributed by atoms with E-state index >= 15 is 0 Å². The minimum atomic E-state index is 0.652. The van der Waals surface area contributed by atoms with Gasteiger partial charge in [0.1, 0.15) is 0 Å². The van der Waals surface area contributed by atoms with E-state index in [4.69, 9.17) is 15.0 Å². The van der Waals surface area contributed by atoms with Gasteiger partial charge in [-0.25, -0.2) is 15.0 Å². The standard InChI is InChI=1S/C53H33N3S/c1-3-14-34(15-4-1)35-26-28-36(29-27-35)38-30-31-43(40-19-8-7-18-39(38)40)44-32-33-47(42-21-10-9-20-41(42)44)52-54-51(37-16-5-2-6-17-37)55-53(56-52)48-24-13-23-46-45-22-11-12-25-49(45)57-50(46)48/h1-33H. The molecule has 3 nitrogen and oxygen atoms in total. The monoisotopic (exact) mass is 743 g/mol. The van der Waals surface area contributed by atoms with Crippen LogP contribution >= 0.6 is 11.3 Å². The lowest BCUT2D eigenvalue weighted by Gasteiger charge is -2.16. The van der Waals surface area contributed by atoms with Gasteiger partial charge in [-0.3, -0.25) is 0 Å². The summed E-state index contributed by atoms with van der Waals surface area (Å²) < 4.78 is 2.43. The van der Waals surface area contributed by atoms with Gasteiger partial charge in [-0.2, -0.15) is 0 Å². The molecule has 0 unspecified atom stereocenters. The van der Waals surface area contributed by atoms with Crippen molar-refractivity contribution >= 4 is 53.1 Å². The Morgan fingerprint density at radius 1 is 0.246 bits per heavy atom. The van der Waals surface area contributed by atoms with Crippen molar-refractivity contribution in [3.8, 4) is 67.5 Å². The van der Waals surface area contributed by atoms with Crippen molar-refractivity contribution < 1.29 is 0 Å². The number of nitrogens with zero attached hydrogens (tertiary/aromatic N) is 3. The van der Waals surface area contributed by atoms with E-state index in [-0.39, 0.29) is 0 Å². The maximum absolute atomic E-state index is 5.28. The molecular weight excluding hydrogens is 711 g/mol. The zero-order chi connectivity index (χ0) is 37.7. The molecule has 0 fully saturated rings. The van der Waals surface area contributed by atoms with Crippen LogP contribution in [0.15, 0.2) is 200 Å². The molecule has 11 aromatic rings. The molecule has 11 rings (SSSR count). The first-order valence-electron chi connectivity index (χ1n) is 19.2. The van der Waals surface area contributed by atoms with Crippen LogP contribution in [-0.4, -0.2) is 15.0 Å². The van der Waals surface area contributed by atoms with Crippen LogP contribution in [0.5, 0.6) is 0 Å². The highest BCUT2D eigenvalue weighted by molar-refractivity contribution is 7.26. The van der Waals surface area contributed by atoms with E-state index in [0.717, 1.165) is 27.5 Å². The van der Waals surface area contributed by atoms with E-state index in [1.165, 1.54) is 64.3 Å². The van der Waals surface area contributed by atoms with Gasteiger partial charge in [0.05, 0.1) is 0 Å². The molecular formula is C53H33N3S. The topological polar surface area (TPSA) is 38.7 Å². The second-order valence-corrected chi connectivity index (χ2v) is 15.4. The lowest BCUT2D eigenvalue weighted by Crippen LogP contribution is -2.01. The quantitative estimate of drug-likeness (QED) is 0.170. The van der Waals surface area contributed by atoms with Gasteiger partial charge in [0.15, 0.2) is 17.5 Å². The molecule has 0 bridgehead atoms. The lowest BCUT2D eigenvalue weighted by atomic mass is 9.88. The summed E-state index contributed by atoms with van der Waals surface area (Å²) in [6, 6.07) is 71.1. The Morgan fingerprint density at radius 3 is 1.35 bits per heavy atom. The van der Waals surface area contributed by atoms with Crippen molar-refractivity contribution in [2.75, 3.05) is 0 Å². The average Bonchev–Trinajstić information content (AvgIpc) is 3.68. The number of hydrogen-bond acceptors (Lipinski definition) is 4. The van der Waals surface area contributed by atoms with Gasteiger partial charge >= 0.3 is 0 Å². The maximum Gasteiger partial charge on any atom is 0.165 e. The van der Waals surface area contributed by atoms with Crippen LogP contribution in [0.4, 0.5) is 0 Å². The van der Waals surface area contributed by atoms with Crippen LogP contribution in [-0.2, 0) is 0 Å². The Morgan fingerprint density at radius 2 is 0.684 bits per heavy atom. The molecule has 0 amide bonds. The zero-order valence-electron chi connectivity index (χ0n) is 30.8. The first-order chi connectivity index (χ1) is 28.3. The molecule has 4 heteroatoms. The predicted octanol–water partition coefficient (Wildman–Crippen LogP) is 14.5. The zero-order valence-corrected chi connectivity index (χ0v) is 31.6. The fourth-order valence-corrected chi connectivity index (χ4v) is 9.46. The Bertz CT molecular complexity index is 3280. The summed E-state index contributed by atoms with van der Waals surface area (Å²) in [5, 5.41) is 7.14. The third kappa shape index (κ3) is 5.78. The fraction of sp³-hybridized carbons (Fsp3) is 0. The van der Waals surface area contributed by atoms with Crippen molar-refractivity contribution in [3.63, 3.8) is 0 Å². The summed E-state index contributed by atoms with van der Waals surface area (Å²) in [5.41, 5.74) is 10.1. The number of rotatable bonds is 6. The molecule has 0 radical (unpaired) electrons. The van der Waals surface area contributed by atoms with E-state index in [1.807, 2.05) is 18.2 Å². The van der Waals surface area contributed by atoms with Crippen molar-refractivity contribution in [3.05, 3.63) is 200 Å². The first kappa shape index (κ1) is 33.1. The summed E-state index contributed by atoms with van der Waals surface area (Å²) in [7, 11) is 0. The Labute approximate surface area is 334 Å². The van der Waals surface area contributed by atoms with Gasteiger partial charge in [0.2, 0.25) is 0 Å². The number of fused-ring (bicyclic) bond motifs is 5. The summed E-state index contributed by atoms with van der Waals surface area (Å²) >= 11 is 1.79. The summed E-state index contributed by atoms with van der Waals surface area (Å²) in [6.07, 6.45) is 0. The molecule has 0 aliphatic rings. The van der Waals surface area contributed by atoms with E-state index in [9.17, 15) is 0 Å². The molecule has 266 valence electrons. The second kappa shape index (κ2) is 13.8. The molecule has 0 aliphatic heterocycles. The van der Waals surface area contributed by atoms with Crippen LogP contribution in [0.2, 0.25) is 0 Å². The number of benzene rings is 9. The van der Waals surface area contributed by atoms with Crippen molar-refractivity contribution in [2.24, 2.45) is 0 Å². The molecule has 2 heterocycles. The van der Waals surface area contributed by atoms with Crippen LogP contribution in [0, 0.1) is 0 Å². The van der Waals surface area contributed by atoms with Crippen molar-refractivity contribution in [1.29, 1.82) is 0 Å². The van der Waals surface area contributed by atoms with E-state index in [1.54, 1.807) is 11.3 Å². The SMILES string of the molecule is c1ccc(-c2ccc(-c3ccc(-c4ccc(-c5nc(-c6ccccc6)nc(-c6cccc7c6sc6ccccc67)n5)c5ccccc45)c4ccccc34)cc2)cc1. The minimum absolute atomic E-state index is 0.652. The third-order valence-electron chi connectivity index (χ3n) is 11.0. The molecule has 9 aromatic carbocycles. The van der Waals surface area contributed by atoms with Crippen LogP contribution in [0.1, 0.15) is 0 Å². The van der Waals surface area contributed by atoms with E-state index < -0.39 is 0 Å². The Kier molecular flexibility index (Phi) is 8.01. The van der Waals surface area contributed by atoms with E-state index in [0.29, 0.717) is 17.5 Å². The smallest absolute Gasteiger partial charge is 0.165 e. The molecule has 0 aliphatic carbocycles. The summed E-state index contributed by atoms with van der Waals surface area (Å²) in [5.74, 6) is 1.97. The number of hydrogen-bond donors (Lipinski definition) is 0. The van der Waals surface area contributed by atoms with Crippen LogP contribution in [0.3, 0.4) is 0 Å². The average molecular weight is 744 g/mol. The summed E-state index contributed by atoms with van der Waals surface area (Å²) in [4.78, 5) is 15.6. The Balaban J connectivity index is 1.06. The van der Waals surface area contributed by atoms with Crippen LogP contribution in [0.25, 0.3) is 109 Å². The molecule has 0 N–H and O–H groups in total. The largest absolute Gasteiger partial charge is 0.208 e. The van der Waals surface area contributed by atoms with Gasteiger partial charge in [-0.15, -0.1) is 11.3 Å². The van der Waals surface area contributed by atoms with Crippen molar-refractivity contribution in [2.45, 2.75) is 0 Å². The predicted molar refractivity (Wildman–Crippen MR) is 240 cm³/mol. The summed E-state index contributed by atoms with van der Waals surface area (Å²) in [6.45, 7) is 0. The molecule has 0 spiro atoms. The highest BCUT2D eigenvalue weighted by Gasteiger charge is 2.19. The maximum atomic E-state index is 5.28. The molecule has 0 atom stereocenters. The fourth-order valence-electron chi connectivity index (χ4n) is 8.24. The number of aromatic nitrogens is 3. The Hall–Kier alpha value is -7.27. The van der Waals surface area contributed by atoms with Gasteiger partial charge < -0.3 is 0 Å². The molecule has 0 saturated carbocycles. The molecule has 57 heavy (non-hydrogen) atoms. The van der Waals surface area contributed by atoms with Gasteiger partial charge in [0.25, 0.3) is 0 Å². The molecule has 2 aromatic heterocycles. The van der Waals surface area contributed by atoms with Crippen molar-refractivity contribution in [1.82, 2.24) is 15.0 Å².